The van der Waals surface area contributed by atoms with Crippen molar-refractivity contribution in [2.45, 2.75) is 19.3 Å². The summed E-state index contributed by atoms with van der Waals surface area (Å²) in [6.07, 6.45) is 2.18. The van der Waals surface area contributed by atoms with Crippen molar-refractivity contribution in [3.8, 4) is 10.6 Å². The van der Waals surface area contributed by atoms with Gasteiger partial charge in [0, 0.05) is 36.0 Å². The Morgan fingerprint density at radius 3 is 3.14 bits per heavy atom. The monoisotopic (exact) mass is 322 g/mol. The zero-order valence-electron chi connectivity index (χ0n) is 11.7. The van der Waals surface area contributed by atoms with Crippen LogP contribution in [-0.2, 0) is 11.2 Å². The molecule has 1 unspecified atom stereocenters. The van der Waals surface area contributed by atoms with E-state index in [4.69, 9.17) is 5.11 Å². The fourth-order valence-electron chi connectivity index (χ4n) is 2.65. The zero-order valence-corrected chi connectivity index (χ0v) is 13.3. The number of aromatic nitrogens is 1. The number of hydrogen-bond acceptors (Lipinski definition) is 5. The molecule has 0 aliphatic carbocycles. The largest absolute Gasteiger partial charge is 0.396 e. The highest BCUT2D eigenvalue weighted by molar-refractivity contribution is 7.14. The first-order valence-corrected chi connectivity index (χ1v) is 8.94. The summed E-state index contributed by atoms with van der Waals surface area (Å²) in [5.41, 5.74) is 1.99. The van der Waals surface area contributed by atoms with Gasteiger partial charge in [-0.2, -0.15) is 11.3 Å². The van der Waals surface area contributed by atoms with Gasteiger partial charge >= 0.3 is 0 Å². The molecule has 1 aliphatic heterocycles. The maximum atomic E-state index is 12.3. The van der Waals surface area contributed by atoms with Crippen LogP contribution in [0.15, 0.2) is 22.2 Å². The zero-order chi connectivity index (χ0) is 14.7. The average Bonchev–Trinajstić information content (AvgIpc) is 3.20. The van der Waals surface area contributed by atoms with Crippen molar-refractivity contribution in [1.82, 2.24) is 9.88 Å². The normalized spacial score (nSPS) is 18.3. The lowest BCUT2D eigenvalue weighted by atomic mass is 10.1. The van der Waals surface area contributed by atoms with Gasteiger partial charge in [-0.15, -0.1) is 11.3 Å². The number of likely N-dealkylation sites (tertiary alicyclic amines) is 1. The van der Waals surface area contributed by atoms with E-state index in [0.717, 1.165) is 42.2 Å². The molecule has 3 rings (SSSR count). The summed E-state index contributed by atoms with van der Waals surface area (Å²) < 4.78 is 0. The molecule has 6 heteroatoms. The third-order valence-electron chi connectivity index (χ3n) is 3.83. The molecule has 0 spiro atoms. The summed E-state index contributed by atoms with van der Waals surface area (Å²) in [4.78, 5) is 18.8. The summed E-state index contributed by atoms with van der Waals surface area (Å²) >= 11 is 3.25. The fraction of sp³-hybridized carbons (Fsp3) is 0.467. The molecule has 1 N–H and O–H groups in total. The summed E-state index contributed by atoms with van der Waals surface area (Å²) in [7, 11) is 0. The first kappa shape index (κ1) is 14.7. The Kier molecular flexibility index (Phi) is 4.67. The quantitative estimate of drug-likeness (QED) is 0.921. The van der Waals surface area contributed by atoms with E-state index in [1.54, 1.807) is 22.7 Å². The van der Waals surface area contributed by atoms with Gasteiger partial charge < -0.3 is 10.0 Å². The minimum Gasteiger partial charge on any atom is -0.396 e. The molecule has 3 heterocycles. The molecule has 21 heavy (non-hydrogen) atoms. The number of thiophene rings is 1. The molecule has 2 aromatic rings. The number of rotatable bonds is 5. The Labute approximate surface area is 132 Å². The highest BCUT2D eigenvalue weighted by Gasteiger charge is 2.26. The molecule has 0 aromatic carbocycles. The number of aliphatic hydroxyl groups excluding tert-OH is 1. The van der Waals surface area contributed by atoms with Crippen molar-refractivity contribution in [2.24, 2.45) is 5.92 Å². The molecule has 0 radical (unpaired) electrons. The van der Waals surface area contributed by atoms with Crippen LogP contribution in [-0.4, -0.2) is 40.6 Å². The molecule has 0 bridgehead atoms. The lowest BCUT2D eigenvalue weighted by Gasteiger charge is -2.15. The van der Waals surface area contributed by atoms with E-state index in [1.807, 2.05) is 15.7 Å². The van der Waals surface area contributed by atoms with Crippen LogP contribution in [0.5, 0.6) is 0 Å². The van der Waals surface area contributed by atoms with Gasteiger partial charge in [0.25, 0.3) is 0 Å². The van der Waals surface area contributed by atoms with Gasteiger partial charge in [-0.25, -0.2) is 4.98 Å². The summed E-state index contributed by atoms with van der Waals surface area (Å²) in [5, 5.41) is 16.0. The standard InChI is InChI=1S/C15H18N2O2S2/c18-5-2-11-1-4-17(8-11)14(19)7-13-10-21-15(16-13)12-3-6-20-9-12/h3,6,9-11,18H,1-2,4-5,7-8H2. The fourth-order valence-corrected chi connectivity index (χ4v) is 4.18. The van der Waals surface area contributed by atoms with E-state index in [-0.39, 0.29) is 12.5 Å². The third-order valence-corrected chi connectivity index (χ3v) is 5.45. The molecular weight excluding hydrogens is 304 g/mol. The number of nitrogens with zero attached hydrogens (tertiary/aromatic N) is 2. The first-order valence-electron chi connectivity index (χ1n) is 7.12. The van der Waals surface area contributed by atoms with Crippen LogP contribution in [0.3, 0.4) is 0 Å². The van der Waals surface area contributed by atoms with Crippen molar-refractivity contribution in [3.05, 3.63) is 27.9 Å². The molecule has 1 amide bonds. The van der Waals surface area contributed by atoms with Crippen LogP contribution in [0.2, 0.25) is 0 Å². The Hall–Kier alpha value is -1.24. The number of amides is 1. The van der Waals surface area contributed by atoms with Crippen LogP contribution < -0.4 is 0 Å². The minimum absolute atomic E-state index is 0.151. The molecule has 112 valence electrons. The van der Waals surface area contributed by atoms with Crippen molar-refractivity contribution >= 4 is 28.6 Å². The number of thiazole rings is 1. The second-order valence-electron chi connectivity index (χ2n) is 5.34. The smallest absolute Gasteiger partial charge is 0.228 e. The van der Waals surface area contributed by atoms with Crippen LogP contribution in [0, 0.1) is 5.92 Å². The predicted molar refractivity (Wildman–Crippen MR) is 85.5 cm³/mol. The lowest BCUT2D eigenvalue weighted by Crippen LogP contribution is -2.30. The van der Waals surface area contributed by atoms with Crippen molar-refractivity contribution in [1.29, 1.82) is 0 Å². The number of hydrogen-bond donors (Lipinski definition) is 1. The molecule has 4 nitrogen and oxygen atoms in total. The van der Waals surface area contributed by atoms with Gasteiger partial charge in [0.15, 0.2) is 0 Å². The highest BCUT2D eigenvalue weighted by Crippen LogP contribution is 2.26. The molecule has 1 aliphatic rings. The molecule has 1 fully saturated rings. The van der Waals surface area contributed by atoms with E-state index in [9.17, 15) is 4.79 Å². The van der Waals surface area contributed by atoms with Crippen LogP contribution >= 0.6 is 22.7 Å². The summed E-state index contributed by atoms with van der Waals surface area (Å²) in [6.45, 7) is 1.80. The predicted octanol–water partition coefficient (Wildman–Crippen LogP) is 2.65. The number of carbonyl (C=O) groups is 1. The van der Waals surface area contributed by atoms with Crippen LogP contribution in [0.1, 0.15) is 18.5 Å². The molecular formula is C15H18N2O2S2. The third kappa shape index (κ3) is 3.51. The maximum Gasteiger partial charge on any atom is 0.228 e. The van der Waals surface area contributed by atoms with Crippen molar-refractivity contribution < 1.29 is 9.90 Å². The van der Waals surface area contributed by atoms with Gasteiger partial charge in [-0.1, -0.05) is 0 Å². The highest BCUT2D eigenvalue weighted by atomic mass is 32.1. The topological polar surface area (TPSA) is 53.4 Å². The summed E-state index contributed by atoms with van der Waals surface area (Å²) in [6, 6.07) is 2.05. The summed E-state index contributed by atoms with van der Waals surface area (Å²) in [5.74, 6) is 0.605. The van der Waals surface area contributed by atoms with Crippen LogP contribution in [0.25, 0.3) is 10.6 Å². The maximum absolute atomic E-state index is 12.3. The van der Waals surface area contributed by atoms with E-state index in [2.05, 4.69) is 16.4 Å². The lowest BCUT2D eigenvalue weighted by molar-refractivity contribution is -0.129. The van der Waals surface area contributed by atoms with Crippen LogP contribution in [0.4, 0.5) is 0 Å². The Morgan fingerprint density at radius 1 is 1.48 bits per heavy atom. The van der Waals surface area contributed by atoms with Crippen molar-refractivity contribution in [3.63, 3.8) is 0 Å². The second-order valence-corrected chi connectivity index (χ2v) is 6.98. The Morgan fingerprint density at radius 2 is 2.38 bits per heavy atom. The van der Waals surface area contributed by atoms with E-state index in [1.165, 1.54) is 0 Å². The number of aliphatic hydroxyl groups is 1. The average molecular weight is 322 g/mol. The SMILES string of the molecule is O=C(Cc1csc(-c2ccsc2)n1)N1CCC(CCO)C1. The number of carbonyl (C=O) groups excluding carboxylic acids is 1. The van der Waals surface area contributed by atoms with Gasteiger partial charge in [0.2, 0.25) is 5.91 Å². The Balaban J connectivity index is 1.58. The van der Waals surface area contributed by atoms with E-state index >= 15 is 0 Å². The van der Waals surface area contributed by atoms with Crippen molar-refractivity contribution in [2.75, 3.05) is 19.7 Å². The molecule has 1 atom stereocenters. The molecule has 2 aromatic heterocycles. The second kappa shape index (κ2) is 6.68. The Bertz CT molecular complexity index is 595. The van der Waals surface area contributed by atoms with E-state index < -0.39 is 0 Å². The van der Waals surface area contributed by atoms with E-state index in [0.29, 0.717) is 12.3 Å². The molecule has 1 saturated heterocycles. The van der Waals surface area contributed by atoms with Gasteiger partial charge in [0.1, 0.15) is 5.01 Å². The van der Waals surface area contributed by atoms with Gasteiger partial charge in [-0.05, 0) is 30.2 Å². The van der Waals surface area contributed by atoms with Gasteiger partial charge in [0.05, 0.1) is 12.1 Å². The minimum atomic E-state index is 0.151. The van der Waals surface area contributed by atoms with Gasteiger partial charge in [-0.3, -0.25) is 4.79 Å². The first-order chi connectivity index (χ1) is 10.3. The molecule has 0 saturated carbocycles.